The molecular weight excluding hydrogens is 225 g/mol. The van der Waals surface area contributed by atoms with Gasteiger partial charge in [0, 0.05) is 16.3 Å². The van der Waals surface area contributed by atoms with E-state index in [1.807, 2.05) is 0 Å². The number of hydrogen-bond acceptors (Lipinski definition) is 4. The van der Waals surface area contributed by atoms with E-state index >= 15 is 0 Å². The number of nitrogens with two attached hydrogens (primary N) is 1. The Morgan fingerprint density at radius 3 is 2.87 bits per heavy atom. The van der Waals surface area contributed by atoms with E-state index in [-0.39, 0.29) is 5.96 Å². The number of aliphatic carboxylic acids is 1. The van der Waals surface area contributed by atoms with Crippen molar-refractivity contribution in [2.45, 2.75) is 18.9 Å². The zero-order valence-corrected chi connectivity index (χ0v) is 8.63. The summed E-state index contributed by atoms with van der Waals surface area (Å²) >= 11 is 0. The molecule has 1 aliphatic heterocycles. The van der Waals surface area contributed by atoms with Gasteiger partial charge in [0.15, 0.2) is 0 Å². The summed E-state index contributed by atoms with van der Waals surface area (Å²) in [6.45, 7) is 0.442. The van der Waals surface area contributed by atoms with Crippen molar-refractivity contribution in [3.05, 3.63) is 0 Å². The minimum Gasteiger partial charge on any atom is -0.480 e. The topological polar surface area (TPSA) is 125 Å². The lowest BCUT2D eigenvalue weighted by Crippen LogP contribution is -2.44. The first-order chi connectivity index (χ1) is 7.02. The summed E-state index contributed by atoms with van der Waals surface area (Å²) in [4.78, 5) is 20.4. The summed E-state index contributed by atoms with van der Waals surface area (Å²) in [5.74, 6) is -1.20. The predicted molar refractivity (Wildman–Crippen MR) is 49.9 cm³/mol. The van der Waals surface area contributed by atoms with Crippen LogP contribution >= 0.6 is 8.25 Å². The number of oxime groups is 1. The van der Waals surface area contributed by atoms with Gasteiger partial charge in [-0.05, 0) is 12.8 Å². The summed E-state index contributed by atoms with van der Waals surface area (Å²) in [5, 5.41) is 12.0. The predicted octanol–water partition coefficient (Wildman–Crippen LogP) is -0.569. The number of carbonyl (C=O) groups is 1. The lowest BCUT2D eigenvalue weighted by atomic mass is 10.2. The Morgan fingerprint density at radius 1 is 1.67 bits per heavy atom. The number of likely N-dealkylation sites (tertiary alicyclic amines) is 1. The van der Waals surface area contributed by atoms with Crippen molar-refractivity contribution in [1.29, 1.82) is 0 Å². The van der Waals surface area contributed by atoms with Crippen LogP contribution in [0.2, 0.25) is 0 Å². The molecule has 4 N–H and O–H groups in total. The number of guanidine groups is 1. The molecular formula is C6H11N3O5P+. The Hall–Kier alpha value is -1.40. The van der Waals surface area contributed by atoms with E-state index in [2.05, 4.69) is 9.78 Å². The minimum atomic E-state index is -2.87. The van der Waals surface area contributed by atoms with Crippen LogP contribution in [0.4, 0.5) is 0 Å². The lowest BCUT2D eigenvalue weighted by molar-refractivity contribution is -0.140. The highest BCUT2D eigenvalue weighted by atomic mass is 31.1. The number of rotatable bonds is 3. The van der Waals surface area contributed by atoms with Gasteiger partial charge >= 0.3 is 14.2 Å². The van der Waals surface area contributed by atoms with Crippen molar-refractivity contribution in [2.24, 2.45) is 10.9 Å². The first-order valence-corrected chi connectivity index (χ1v) is 5.31. The standard InChI is InChI=1S/C6H10N3O5P/c7-6(8-14-15(12)13)9-3-1-2-4(9)5(10)11/h4H,1-3H2,(H3-,7,8,10,11,12,13)/p+1. The molecule has 0 aromatic rings. The molecule has 1 aliphatic rings. The molecule has 0 bridgehead atoms. The summed E-state index contributed by atoms with van der Waals surface area (Å²) in [5.41, 5.74) is 5.40. The van der Waals surface area contributed by atoms with Gasteiger partial charge in [-0.3, -0.25) is 0 Å². The minimum absolute atomic E-state index is 0.197. The van der Waals surface area contributed by atoms with Crippen LogP contribution in [0.1, 0.15) is 12.8 Å². The van der Waals surface area contributed by atoms with Crippen LogP contribution in [-0.4, -0.2) is 39.4 Å². The molecule has 0 aliphatic carbocycles. The van der Waals surface area contributed by atoms with Crippen molar-refractivity contribution < 1.29 is 24.0 Å². The molecule has 0 spiro atoms. The third kappa shape index (κ3) is 3.03. The molecule has 0 amide bonds. The smallest absolute Gasteiger partial charge is 0.480 e. The fraction of sp³-hybridized carbons (Fsp3) is 0.667. The zero-order chi connectivity index (χ0) is 11.4. The largest absolute Gasteiger partial charge is 0.770 e. The summed E-state index contributed by atoms with van der Waals surface area (Å²) in [6.07, 6.45) is 1.15. The number of carboxylic acid groups (broad SMARTS) is 1. The first-order valence-electron chi connectivity index (χ1n) is 4.18. The number of nitrogens with zero attached hydrogens (tertiary/aromatic N) is 2. The summed E-state index contributed by atoms with van der Waals surface area (Å²) < 4.78 is 14.2. The Labute approximate surface area is 86.2 Å². The molecule has 15 heavy (non-hydrogen) atoms. The van der Waals surface area contributed by atoms with Crippen molar-refractivity contribution in [1.82, 2.24) is 4.90 Å². The maximum absolute atomic E-state index is 10.8. The highest BCUT2D eigenvalue weighted by Gasteiger charge is 2.32. The molecule has 0 aromatic carbocycles. The average Bonchev–Trinajstić information content (AvgIpc) is 2.62. The zero-order valence-electron chi connectivity index (χ0n) is 7.74. The molecule has 0 radical (unpaired) electrons. The average molecular weight is 236 g/mol. The SMILES string of the molecule is NC(=NO[P+](=O)O)N1CCCC1C(=O)O. The van der Waals surface area contributed by atoms with Gasteiger partial charge in [0.25, 0.3) is 0 Å². The van der Waals surface area contributed by atoms with E-state index in [1.165, 1.54) is 4.90 Å². The van der Waals surface area contributed by atoms with Crippen molar-refractivity contribution >= 4 is 20.2 Å². The molecule has 84 valence electrons. The molecule has 1 saturated heterocycles. The van der Waals surface area contributed by atoms with Gasteiger partial charge < -0.3 is 15.7 Å². The molecule has 2 atom stereocenters. The van der Waals surface area contributed by atoms with Crippen LogP contribution in [-0.2, 0) is 14.0 Å². The maximum Gasteiger partial charge on any atom is 0.770 e. The second kappa shape index (κ2) is 4.90. The molecule has 9 heteroatoms. The molecule has 1 rings (SSSR count). The third-order valence-corrected chi connectivity index (χ3v) is 2.26. The number of carboxylic acids is 1. The Kier molecular flexibility index (Phi) is 3.81. The monoisotopic (exact) mass is 236 g/mol. The molecule has 1 fully saturated rings. The van der Waals surface area contributed by atoms with Gasteiger partial charge in [0.05, 0.1) is 0 Å². The second-order valence-electron chi connectivity index (χ2n) is 2.96. The van der Waals surface area contributed by atoms with E-state index in [9.17, 15) is 9.36 Å². The molecule has 2 unspecified atom stereocenters. The normalized spacial score (nSPS) is 22.7. The van der Waals surface area contributed by atoms with E-state index in [1.54, 1.807) is 0 Å². The molecule has 8 nitrogen and oxygen atoms in total. The van der Waals surface area contributed by atoms with Crippen molar-refractivity contribution in [3.8, 4) is 0 Å². The molecule has 1 heterocycles. The van der Waals surface area contributed by atoms with Crippen molar-refractivity contribution in [3.63, 3.8) is 0 Å². The first kappa shape index (κ1) is 11.7. The molecule has 0 aromatic heterocycles. The third-order valence-electron chi connectivity index (χ3n) is 2.04. The summed E-state index contributed by atoms with van der Waals surface area (Å²) in [7, 11) is -2.87. The van der Waals surface area contributed by atoms with Gasteiger partial charge in [-0.15, -0.1) is 9.52 Å². The fourth-order valence-corrected chi connectivity index (χ4v) is 1.58. The fourth-order valence-electron chi connectivity index (χ4n) is 1.43. The van der Waals surface area contributed by atoms with Gasteiger partial charge in [0.1, 0.15) is 6.04 Å². The highest BCUT2D eigenvalue weighted by molar-refractivity contribution is 7.32. The number of hydrogen-bond donors (Lipinski definition) is 3. The highest BCUT2D eigenvalue weighted by Crippen LogP contribution is 2.19. The van der Waals surface area contributed by atoms with E-state index < -0.39 is 20.3 Å². The van der Waals surface area contributed by atoms with Gasteiger partial charge in [-0.25, -0.2) is 4.79 Å². The molecule has 0 saturated carbocycles. The Morgan fingerprint density at radius 2 is 2.33 bits per heavy atom. The quantitative estimate of drug-likeness (QED) is 0.259. The van der Waals surface area contributed by atoms with Crippen LogP contribution in [0.25, 0.3) is 0 Å². The Bertz CT molecular complexity index is 307. The van der Waals surface area contributed by atoms with Gasteiger partial charge in [0.2, 0.25) is 5.96 Å². The maximum atomic E-state index is 10.8. The van der Waals surface area contributed by atoms with Crippen LogP contribution in [0, 0.1) is 0 Å². The second-order valence-corrected chi connectivity index (χ2v) is 3.60. The van der Waals surface area contributed by atoms with Crippen molar-refractivity contribution in [2.75, 3.05) is 6.54 Å². The summed E-state index contributed by atoms with van der Waals surface area (Å²) in [6, 6.07) is -0.742. The van der Waals surface area contributed by atoms with Gasteiger partial charge in [-0.1, -0.05) is 0 Å². The van der Waals surface area contributed by atoms with Crippen LogP contribution in [0.15, 0.2) is 5.16 Å². The van der Waals surface area contributed by atoms with E-state index in [0.29, 0.717) is 19.4 Å². The van der Waals surface area contributed by atoms with Gasteiger partial charge in [-0.2, -0.15) is 0 Å². The van der Waals surface area contributed by atoms with E-state index in [4.69, 9.17) is 15.7 Å². The lowest BCUT2D eigenvalue weighted by Gasteiger charge is -2.20. The van der Waals surface area contributed by atoms with E-state index in [0.717, 1.165) is 0 Å². The van der Waals surface area contributed by atoms with Crippen LogP contribution in [0.5, 0.6) is 0 Å². The Balaban J connectivity index is 2.65. The van der Waals surface area contributed by atoms with Crippen LogP contribution in [0.3, 0.4) is 0 Å². The van der Waals surface area contributed by atoms with Crippen LogP contribution < -0.4 is 5.73 Å².